The molecule has 0 bridgehead atoms. The Bertz CT molecular complexity index is 922. The molecular formula is C22H23ClN4O. The number of nitrogens with one attached hydrogen (secondary N) is 2. The van der Waals surface area contributed by atoms with Crippen LogP contribution in [0.3, 0.4) is 0 Å². The molecule has 2 aromatic carbocycles. The minimum Gasteiger partial charge on any atom is -0.372 e. The molecule has 5 nitrogen and oxygen atoms in total. The van der Waals surface area contributed by atoms with Gasteiger partial charge in [0.25, 0.3) is 5.91 Å². The number of anilines is 4. The van der Waals surface area contributed by atoms with Gasteiger partial charge in [-0.15, -0.1) is 0 Å². The molecule has 0 spiro atoms. The predicted octanol–water partition coefficient (Wildman–Crippen LogP) is 5.58. The first kappa shape index (κ1) is 19.7. The fourth-order valence-corrected chi connectivity index (χ4v) is 3.01. The van der Waals surface area contributed by atoms with Crippen molar-refractivity contribution in [2.75, 3.05) is 28.6 Å². The van der Waals surface area contributed by atoms with Crippen LogP contribution in [0.4, 0.5) is 22.7 Å². The van der Waals surface area contributed by atoms with Crippen LogP contribution in [0.2, 0.25) is 5.02 Å². The number of carbonyl (C=O) groups is 1. The maximum absolute atomic E-state index is 12.6. The first-order valence-electron chi connectivity index (χ1n) is 9.23. The Kier molecular flexibility index (Phi) is 6.50. The van der Waals surface area contributed by atoms with Gasteiger partial charge in [0.05, 0.1) is 17.4 Å². The second-order valence-electron chi connectivity index (χ2n) is 6.27. The van der Waals surface area contributed by atoms with Gasteiger partial charge in [-0.3, -0.25) is 9.78 Å². The molecule has 2 N–H and O–H groups in total. The van der Waals surface area contributed by atoms with E-state index in [0.29, 0.717) is 10.6 Å². The van der Waals surface area contributed by atoms with Gasteiger partial charge in [0.2, 0.25) is 0 Å². The maximum Gasteiger partial charge on any atom is 0.257 e. The fourth-order valence-electron chi connectivity index (χ4n) is 2.88. The van der Waals surface area contributed by atoms with E-state index >= 15 is 0 Å². The summed E-state index contributed by atoms with van der Waals surface area (Å²) in [5, 5.41) is 6.80. The highest BCUT2D eigenvalue weighted by atomic mass is 35.5. The Balaban J connectivity index is 1.68. The van der Waals surface area contributed by atoms with Crippen molar-refractivity contribution in [3.63, 3.8) is 0 Å². The van der Waals surface area contributed by atoms with Gasteiger partial charge < -0.3 is 15.5 Å². The fraction of sp³-hybridized carbons (Fsp3) is 0.182. The summed E-state index contributed by atoms with van der Waals surface area (Å²) in [6.07, 6.45) is 3.22. The summed E-state index contributed by atoms with van der Waals surface area (Å²) >= 11 is 5.91. The number of rotatable bonds is 7. The first-order valence-corrected chi connectivity index (χ1v) is 9.61. The smallest absolute Gasteiger partial charge is 0.257 e. The Morgan fingerprint density at radius 1 is 0.929 bits per heavy atom. The molecule has 1 amide bonds. The average molecular weight is 395 g/mol. The standard InChI is InChI=1S/C22H23ClN4O/c1-3-27(4-2)21-11-9-19(10-12-21)26-22(28)16-13-20(15-24-14-16)25-18-7-5-17(23)6-8-18/h5-15,25H,3-4H2,1-2H3,(H,26,28). The minimum atomic E-state index is -0.206. The highest BCUT2D eigenvalue weighted by Gasteiger charge is 2.09. The normalized spacial score (nSPS) is 10.4. The van der Waals surface area contributed by atoms with Crippen LogP contribution in [0.25, 0.3) is 0 Å². The Labute approximate surface area is 170 Å². The molecule has 0 atom stereocenters. The van der Waals surface area contributed by atoms with Crippen LogP contribution < -0.4 is 15.5 Å². The van der Waals surface area contributed by atoms with Gasteiger partial charge in [-0.25, -0.2) is 0 Å². The molecule has 0 aliphatic carbocycles. The number of carbonyl (C=O) groups excluding carboxylic acids is 1. The number of nitrogens with zero attached hydrogens (tertiary/aromatic N) is 2. The molecule has 0 fully saturated rings. The van der Waals surface area contributed by atoms with Gasteiger partial charge >= 0.3 is 0 Å². The molecular weight excluding hydrogens is 372 g/mol. The van der Waals surface area contributed by atoms with Crippen LogP contribution in [0.5, 0.6) is 0 Å². The average Bonchev–Trinajstić information content (AvgIpc) is 2.72. The zero-order chi connectivity index (χ0) is 19.9. The van der Waals surface area contributed by atoms with Gasteiger partial charge in [-0.1, -0.05) is 11.6 Å². The quantitative estimate of drug-likeness (QED) is 0.549. The number of benzene rings is 2. The summed E-state index contributed by atoms with van der Waals surface area (Å²) in [6, 6.07) is 17.0. The summed E-state index contributed by atoms with van der Waals surface area (Å²) in [4.78, 5) is 19.0. The lowest BCUT2D eigenvalue weighted by atomic mass is 10.2. The number of hydrogen-bond donors (Lipinski definition) is 2. The summed E-state index contributed by atoms with van der Waals surface area (Å²) in [5.41, 5.74) is 3.96. The number of hydrogen-bond acceptors (Lipinski definition) is 4. The molecule has 0 saturated heterocycles. The molecule has 1 aromatic heterocycles. The highest BCUT2D eigenvalue weighted by Crippen LogP contribution is 2.21. The van der Waals surface area contributed by atoms with Crippen molar-refractivity contribution in [2.45, 2.75) is 13.8 Å². The van der Waals surface area contributed by atoms with E-state index in [9.17, 15) is 4.79 Å². The number of aromatic nitrogens is 1. The van der Waals surface area contributed by atoms with E-state index in [1.165, 1.54) is 0 Å². The van der Waals surface area contributed by atoms with E-state index in [2.05, 4.69) is 34.4 Å². The van der Waals surface area contributed by atoms with E-state index in [4.69, 9.17) is 11.6 Å². The van der Waals surface area contributed by atoms with E-state index in [0.717, 1.165) is 35.8 Å². The van der Waals surface area contributed by atoms with Crippen LogP contribution in [0, 0.1) is 0 Å². The van der Waals surface area contributed by atoms with E-state index in [1.807, 2.05) is 36.4 Å². The van der Waals surface area contributed by atoms with Crippen molar-refractivity contribution in [3.8, 4) is 0 Å². The van der Waals surface area contributed by atoms with Gasteiger partial charge in [-0.05, 0) is 68.4 Å². The molecule has 3 aromatic rings. The van der Waals surface area contributed by atoms with Crippen LogP contribution in [0.1, 0.15) is 24.2 Å². The maximum atomic E-state index is 12.6. The largest absolute Gasteiger partial charge is 0.372 e. The lowest BCUT2D eigenvalue weighted by Crippen LogP contribution is -2.21. The van der Waals surface area contributed by atoms with Crippen LogP contribution in [0.15, 0.2) is 67.0 Å². The van der Waals surface area contributed by atoms with E-state index < -0.39 is 0 Å². The molecule has 0 radical (unpaired) electrons. The van der Waals surface area contributed by atoms with Crippen LogP contribution in [-0.2, 0) is 0 Å². The minimum absolute atomic E-state index is 0.206. The van der Waals surface area contributed by atoms with Gasteiger partial charge in [0.1, 0.15) is 0 Å². The number of halogens is 1. The molecule has 1 heterocycles. The van der Waals surface area contributed by atoms with E-state index in [1.54, 1.807) is 30.6 Å². The highest BCUT2D eigenvalue weighted by molar-refractivity contribution is 6.30. The lowest BCUT2D eigenvalue weighted by molar-refractivity contribution is 0.102. The topological polar surface area (TPSA) is 57.3 Å². The third-order valence-corrected chi connectivity index (χ3v) is 4.64. The van der Waals surface area contributed by atoms with Crippen molar-refractivity contribution in [1.82, 2.24) is 4.98 Å². The number of amides is 1. The second kappa shape index (κ2) is 9.24. The third kappa shape index (κ3) is 5.02. The molecule has 0 aliphatic rings. The number of pyridine rings is 1. The Morgan fingerprint density at radius 2 is 1.57 bits per heavy atom. The Hall–Kier alpha value is -3.05. The Morgan fingerprint density at radius 3 is 2.21 bits per heavy atom. The van der Waals surface area contributed by atoms with Crippen LogP contribution >= 0.6 is 11.6 Å². The van der Waals surface area contributed by atoms with Crippen molar-refractivity contribution < 1.29 is 4.79 Å². The monoisotopic (exact) mass is 394 g/mol. The van der Waals surface area contributed by atoms with Crippen molar-refractivity contribution in [3.05, 3.63) is 77.6 Å². The third-order valence-electron chi connectivity index (χ3n) is 4.39. The molecule has 0 aliphatic heterocycles. The SMILES string of the molecule is CCN(CC)c1ccc(NC(=O)c2cncc(Nc3ccc(Cl)cc3)c2)cc1. The predicted molar refractivity (Wildman–Crippen MR) is 117 cm³/mol. The zero-order valence-electron chi connectivity index (χ0n) is 15.9. The first-order chi connectivity index (χ1) is 13.6. The van der Waals surface area contributed by atoms with Crippen molar-refractivity contribution in [2.24, 2.45) is 0 Å². The van der Waals surface area contributed by atoms with Crippen LogP contribution in [-0.4, -0.2) is 24.0 Å². The van der Waals surface area contributed by atoms with Crippen molar-refractivity contribution >= 4 is 40.3 Å². The summed E-state index contributed by atoms with van der Waals surface area (Å²) in [5.74, 6) is -0.206. The molecule has 3 rings (SSSR count). The summed E-state index contributed by atoms with van der Waals surface area (Å²) in [6.45, 7) is 6.14. The van der Waals surface area contributed by atoms with Gasteiger partial charge in [-0.2, -0.15) is 0 Å². The van der Waals surface area contributed by atoms with Crippen molar-refractivity contribution in [1.29, 1.82) is 0 Å². The lowest BCUT2D eigenvalue weighted by Gasteiger charge is -2.21. The molecule has 0 unspecified atom stereocenters. The van der Waals surface area contributed by atoms with E-state index in [-0.39, 0.29) is 5.91 Å². The second-order valence-corrected chi connectivity index (χ2v) is 6.70. The van der Waals surface area contributed by atoms with Gasteiger partial charge in [0.15, 0.2) is 0 Å². The molecule has 144 valence electrons. The zero-order valence-corrected chi connectivity index (χ0v) is 16.7. The molecule has 28 heavy (non-hydrogen) atoms. The molecule has 0 saturated carbocycles. The molecule has 6 heteroatoms. The summed E-state index contributed by atoms with van der Waals surface area (Å²) < 4.78 is 0. The van der Waals surface area contributed by atoms with Gasteiger partial charge in [0, 0.05) is 41.4 Å². The summed E-state index contributed by atoms with van der Waals surface area (Å²) in [7, 11) is 0.